The van der Waals surface area contributed by atoms with E-state index in [0.717, 1.165) is 28.7 Å². The molecule has 0 N–H and O–H groups in total. The summed E-state index contributed by atoms with van der Waals surface area (Å²) in [6, 6.07) is 19.4. The molecular formula is C20H20N2OS. The molecule has 0 aliphatic carbocycles. The highest BCUT2D eigenvalue weighted by molar-refractivity contribution is 7.19. The van der Waals surface area contributed by atoms with Crippen molar-refractivity contribution in [3.8, 4) is 10.4 Å². The van der Waals surface area contributed by atoms with E-state index < -0.39 is 0 Å². The minimum absolute atomic E-state index is 0.0240. The van der Waals surface area contributed by atoms with E-state index in [1.54, 1.807) is 11.3 Å². The van der Waals surface area contributed by atoms with Crippen LogP contribution >= 0.6 is 11.3 Å². The van der Waals surface area contributed by atoms with Gasteiger partial charge in [-0.3, -0.25) is 4.79 Å². The van der Waals surface area contributed by atoms with Crippen LogP contribution in [-0.4, -0.2) is 23.9 Å². The Morgan fingerprint density at radius 3 is 2.12 bits per heavy atom. The first kappa shape index (κ1) is 16.4. The molecule has 0 bridgehead atoms. The third-order valence-corrected chi connectivity index (χ3v) is 5.10. The highest BCUT2D eigenvalue weighted by Crippen LogP contribution is 2.36. The number of aromatic nitrogens is 1. The SMILES string of the molecule is CCN(CC)c1nc(C(=O)c2ccccc2)c(-c2ccccc2)s1. The van der Waals surface area contributed by atoms with Crippen molar-refractivity contribution in [1.29, 1.82) is 0 Å². The lowest BCUT2D eigenvalue weighted by Crippen LogP contribution is -2.21. The lowest BCUT2D eigenvalue weighted by Gasteiger charge is -2.16. The number of ketones is 1. The molecule has 0 radical (unpaired) electrons. The minimum atomic E-state index is -0.0240. The van der Waals surface area contributed by atoms with E-state index in [1.807, 2.05) is 60.7 Å². The molecule has 0 aliphatic rings. The van der Waals surface area contributed by atoms with Crippen LogP contribution in [0.15, 0.2) is 60.7 Å². The molecule has 0 spiro atoms. The zero-order valence-corrected chi connectivity index (χ0v) is 14.7. The highest BCUT2D eigenvalue weighted by atomic mass is 32.1. The summed E-state index contributed by atoms with van der Waals surface area (Å²) in [6.07, 6.45) is 0. The molecule has 0 aliphatic heterocycles. The van der Waals surface area contributed by atoms with E-state index in [4.69, 9.17) is 4.98 Å². The zero-order chi connectivity index (χ0) is 16.9. The summed E-state index contributed by atoms with van der Waals surface area (Å²) >= 11 is 1.59. The van der Waals surface area contributed by atoms with Crippen molar-refractivity contribution in [3.05, 3.63) is 71.9 Å². The lowest BCUT2D eigenvalue weighted by atomic mass is 10.0. The number of hydrogen-bond acceptors (Lipinski definition) is 4. The van der Waals surface area contributed by atoms with Crippen molar-refractivity contribution in [2.45, 2.75) is 13.8 Å². The zero-order valence-electron chi connectivity index (χ0n) is 13.9. The fourth-order valence-corrected chi connectivity index (χ4v) is 3.80. The van der Waals surface area contributed by atoms with Gasteiger partial charge < -0.3 is 4.90 Å². The van der Waals surface area contributed by atoms with Gasteiger partial charge in [-0.15, -0.1) is 0 Å². The first-order chi connectivity index (χ1) is 11.7. The van der Waals surface area contributed by atoms with Crippen molar-refractivity contribution in [1.82, 2.24) is 4.98 Å². The number of benzene rings is 2. The van der Waals surface area contributed by atoms with Gasteiger partial charge in [0.2, 0.25) is 5.78 Å². The molecular weight excluding hydrogens is 316 g/mol. The Hall–Kier alpha value is -2.46. The Labute approximate surface area is 146 Å². The van der Waals surface area contributed by atoms with Gasteiger partial charge in [-0.25, -0.2) is 4.98 Å². The van der Waals surface area contributed by atoms with Crippen LogP contribution < -0.4 is 4.90 Å². The number of thiazole rings is 1. The molecule has 3 nitrogen and oxygen atoms in total. The largest absolute Gasteiger partial charge is 0.349 e. The van der Waals surface area contributed by atoms with E-state index in [0.29, 0.717) is 11.3 Å². The minimum Gasteiger partial charge on any atom is -0.349 e. The maximum atomic E-state index is 13.0. The van der Waals surface area contributed by atoms with Gasteiger partial charge in [0, 0.05) is 18.7 Å². The number of rotatable bonds is 6. The molecule has 1 heterocycles. The topological polar surface area (TPSA) is 33.2 Å². The highest BCUT2D eigenvalue weighted by Gasteiger charge is 2.22. The first-order valence-corrected chi connectivity index (χ1v) is 8.97. The maximum Gasteiger partial charge on any atom is 0.212 e. The van der Waals surface area contributed by atoms with Crippen molar-refractivity contribution in [2.24, 2.45) is 0 Å². The maximum absolute atomic E-state index is 13.0. The van der Waals surface area contributed by atoms with E-state index >= 15 is 0 Å². The van der Waals surface area contributed by atoms with E-state index in [2.05, 4.69) is 18.7 Å². The third-order valence-electron chi connectivity index (χ3n) is 3.94. The predicted octanol–water partition coefficient (Wildman–Crippen LogP) is 4.89. The van der Waals surface area contributed by atoms with Crippen molar-refractivity contribution < 1.29 is 4.79 Å². The number of anilines is 1. The van der Waals surface area contributed by atoms with Crippen LogP contribution in [-0.2, 0) is 0 Å². The Morgan fingerprint density at radius 1 is 0.958 bits per heavy atom. The number of carbonyl (C=O) groups is 1. The molecule has 3 aromatic rings. The molecule has 0 saturated carbocycles. The Morgan fingerprint density at radius 2 is 1.54 bits per heavy atom. The summed E-state index contributed by atoms with van der Waals surface area (Å²) in [5, 5.41) is 0.901. The second-order valence-corrected chi connectivity index (χ2v) is 6.39. The van der Waals surface area contributed by atoms with Gasteiger partial charge in [-0.2, -0.15) is 0 Å². The fraction of sp³-hybridized carbons (Fsp3) is 0.200. The van der Waals surface area contributed by atoms with E-state index in [9.17, 15) is 4.79 Å². The van der Waals surface area contributed by atoms with Crippen LogP contribution in [0, 0.1) is 0 Å². The van der Waals surface area contributed by atoms with Crippen LogP contribution in [0.5, 0.6) is 0 Å². The monoisotopic (exact) mass is 336 g/mol. The second kappa shape index (κ2) is 7.41. The van der Waals surface area contributed by atoms with Crippen LogP contribution in [0.25, 0.3) is 10.4 Å². The number of hydrogen-bond donors (Lipinski definition) is 0. The molecule has 2 aromatic carbocycles. The number of nitrogens with zero attached hydrogens (tertiary/aromatic N) is 2. The van der Waals surface area contributed by atoms with Gasteiger partial charge in [0.05, 0.1) is 4.88 Å². The predicted molar refractivity (Wildman–Crippen MR) is 101 cm³/mol. The van der Waals surface area contributed by atoms with E-state index in [-0.39, 0.29) is 5.78 Å². The molecule has 0 fully saturated rings. The smallest absolute Gasteiger partial charge is 0.212 e. The van der Waals surface area contributed by atoms with Crippen LogP contribution in [0.2, 0.25) is 0 Å². The summed E-state index contributed by atoms with van der Waals surface area (Å²) in [5.74, 6) is -0.0240. The molecule has 24 heavy (non-hydrogen) atoms. The molecule has 0 amide bonds. The normalized spacial score (nSPS) is 10.6. The van der Waals surface area contributed by atoms with Crippen LogP contribution in [0.4, 0.5) is 5.13 Å². The molecule has 4 heteroatoms. The summed E-state index contributed by atoms with van der Waals surface area (Å²) in [4.78, 5) is 20.8. The summed E-state index contributed by atoms with van der Waals surface area (Å²) in [5.41, 5.74) is 2.25. The average Bonchev–Trinajstić information content (AvgIpc) is 3.09. The third kappa shape index (κ3) is 3.24. The Balaban J connectivity index is 2.11. The fourth-order valence-electron chi connectivity index (χ4n) is 2.60. The van der Waals surface area contributed by atoms with Gasteiger partial charge in [-0.1, -0.05) is 72.0 Å². The molecule has 1 aromatic heterocycles. The van der Waals surface area contributed by atoms with Gasteiger partial charge in [0.1, 0.15) is 5.69 Å². The van der Waals surface area contributed by atoms with E-state index in [1.165, 1.54) is 0 Å². The van der Waals surface area contributed by atoms with Gasteiger partial charge >= 0.3 is 0 Å². The Kier molecular flexibility index (Phi) is 5.06. The van der Waals surface area contributed by atoms with Gasteiger partial charge in [-0.05, 0) is 19.4 Å². The van der Waals surface area contributed by atoms with Crippen molar-refractivity contribution >= 4 is 22.3 Å². The first-order valence-electron chi connectivity index (χ1n) is 8.15. The summed E-state index contributed by atoms with van der Waals surface area (Å²) in [7, 11) is 0. The second-order valence-electron chi connectivity index (χ2n) is 5.41. The Bertz CT molecular complexity index is 808. The van der Waals surface area contributed by atoms with Crippen molar-refractivity contribution in [2.75, 3.05) is 18.0 Å². The summed E-state index contributed by atoms with van der Waals surface area (Å²) < 4.78 is 0. The number of carbonyl (C=O) groups excluding carboxylic acids is 1. The molecule has 0 atom stereocenters. The summed E-state index contributed by atoms with van der Waals surface area (Å²) in [6.45, 7) is 5.95. The molecule has 0 saturated heterocycles. The van der Waals surface area contributed by atoms with Gasteiger partial charge in [0.25, 0.3) is 0 Å². The molecule has 0 unspecified atom stereocenters. The van der Waals surface area contributed by atoms with Crippen LogP contribution in [0.1, 0.15) is 29.9 Å². The standard InChI is InChI=1S/C20H20N2OS/c1-3-22(4-2)20-21-17(18(23)15-11-7-5-8-12-15)19(24-20)16-13-9-6-10-14-16/h5-14H,3-4H2,1-2H3. The molecule has 3 rings (SSSR count). The van der Waals surface area contributed by atoms with Crippen molar-refractivity contribution in [3.63, 3.8) is 0 Å². The van der Waals surface area contributed by atoms with Crippen LogP contribution in [0.3, 0.4) is 0 Å². The average molecular weight is 336 g/mol. The van der Waals surface area contributed by atoms with Gasteiger partial charge in [0.15, 0.2) is 5.13 Å². The lowest BCUT2D eigenvalue weighted by molar-refractivity contribution is 0.103. The molecule has 122 valence electrons. The quantitative estimate of drug-likeness (QED) is 0.601.